The standard InChI is InChI=1S/C29H40O4.C4H6O2.C4H8O/c1-4-5-21-6-8-22(9-7-21)23-10-12-24(13-11-23)25-14-16-26(17-15-25)27-18-28(32-30-2)20-29(19-27)33-31-3;1-4(2-5)3-6;1-4(2)3-5/h14-24H,4-13H2,1-3H3;2,6H,1,3H2;5H,1,3H2,2H3. The molecule has 0 saturated heterocycles. The Morgan fingerprint density at radius 2 is 1.30 bits per heavy atom. The Morgan fingerprint density at radius 1 is 0.795 bits per heavy atom. The zero-order chi connectivity index (χ0) is 32.3. The highest BCUT2D eigenvalue weighted by Crippen LogP contribution is 2.44. The summed E-state index contributed by atoms with van der Waals surface area (Å²) in [6, 6.07) is 14.6. The first-order valence-corrected chi connectivity index (χ1v) is 15.9. The molecule has 0 aromatic heterocycles. The first kappa shape index (κ1) is 37.2. The van der Waals surface area contributed by atoms with E-state index in [2.05, 4.69) is 44.3 Å². The largest absolute Gasteiger partial charge is 0.392 e. The fraction of sp³-hybridized carbons (Fsp3) is 0.541. The highest BCUT2D eigenvalue weighted by Gasteiger charge is 2.31. The number of aliphatic hydroxyl groups excluding tert-OH is 2. The van der Waals surface area contributed by atoms with Crippen LogP contribution in [0, 0.1) is 17.8 Å². The lowest BCUT2D eigenvalue weighted by molar-refractivity contribution is -0.184. The molecule has 2 aliphatic carbocycles. The summed E-state index contributed by atoms with van der Waals surface area (Å²) in [5, 5.41) is 16.0. The van der Waals surface area contributed by atoms with Crippen molar-refractivity contribution in [2.75, 3.05) is 27.4 Å². The minimum Gasteiger partial charge on any atom is -0.392 e. The minimum atomic E-state index is -0.233. The Kier molecular flexibility index (Phi) is 17.7. The van der Waals surface area contributed by atoms with Gasteiger partial charge in [-0.2, -0.15) is 9.78 Å². The van der Waals surface area contributed by atoms with Crippen molar-refractivity contribution < 1.29 is 34.6 Å². The third-order valence-corrected chi connectivity index (χ3v) is 8.62. The molecule has 44 heavy (non-hydrogen) atoms. The van der Waals surface area contributed by atoms with E-state index in [0.29, 0.717) is 23.7 Å². The van der Waals surface area contributed by atoms with E-state index >= 15 is 0 Å². The van der Waals surface area contributed by atoms with E-state index in [0.717, 1.165) is 34.5 Å². The molecule has 0 heterocycles. The maximum atomic E-state index is 9.48. The van der Waals surface area contributed by atoms with E-state index in [1.54, 1.807) is 13.0 Å². The molecule has 0 amide bonds. The lowest BCUT2D eigenvalue weighted by Gasteiger charge is -2.38. The van der Waals surface area contributed by atoms with Crippen LogP contribution < -0.4 is 9.78 Å². The average molecular weight is 611 g/mol. The fourth-order valence-corrected chi connectivity index (χ4v) is 6.29. The van der Waals surface area contributed by atoms with Gasteiger partial charge in [0.2, 0.25) is 0 Å². The summed E-state index contributed by atoms with van der Waals surface area (Å²) < 4.78 is 0. The minimum absolute atomic E-state index is 0.111. The quantitative estimate of drug-likeness (QED) is 0.0819. The molecule has 0 spiro atoms. The zero-order valence-electron chi connectivity index (χ0n) is 27.3. The van der Waals surface area contributed by atoms with Crippen LogP contribution in [0.5, 0.6) is 11.5 Å². The van der Waals surface area contributed by atoms with E-state index in [4.69, 9.17) is 29.8 Å². The molecule has 2 fully saturated rings. The van der Waals surface area contributed by atoms with Crippen molar-refractivity contribution in [3.63, 3.8) is 0 Å². The van der Waals surface area contributed by atoms with Gasteiger partial charge >= 0.3 is 0 Å². The monoisotopic (exact) mass is 610 g/mol. The third kappa shape index (κ3) is 12.9. The first-order valence-electron chi connectivity index (χ1n) is 15.9. The SMILES string of the molecule is C=C(C)CO.C=C(C=O)CO.CCCC1CCC(C2CCC(c3ccc(-c4cc(OOC)cc(OOC)c4)cc3)CC2)CC1. The molecule has 2 aromatic rings. The Labute approximate surface area is 264 Å². The Balaban J connectivity index is 0.000000526. The molecular weight excluding hydrogens is 556 g/mol. The van der Waals surface area contributed by atoms with Gasteiger partial charge in [-0.05, 0) is 97.9 Å². The van der Waals surface area contributed by atoms with Crippen LogP contribution in [0.4, 0.5) is 0 Å². The second-order valence-electron chi connectivity index (χ2n) is 12.0. The van der Waals surface area contributed by atoms with Gasteiger partial charge in [0, 0.05) is 11.6 Å². The van der Waals surface area contributed by atoms with Crippen LogP contribution in [0.2, 0.25) is 0 Å². The highest BCUT2D eigenvalue weighted by molar-refractivity contribution is 5.72. The van der Waals surface area contributed by atoms with Crippen molar-refractivity contribution in [2.24, 2.45) is 17.8 Å². The maximum Gasteiger partial charge on any atom is 0.169 e. The lowest BCUT2D eigenvalue weighted by atomic mass is 9.68. The van der Waals surface area contributed by atoms with Crippen molar-refractivity contribution in [3.05, 3.63) is 72.3 Å². The van der Waals surface area contributed by atoms with Crippen LogP contribution in [0.3, 0.4) is 0 Å². The molecule has 0 unspecified atom stereocenters. The summed E-state index contributed by atoms with van der Waals surface area (Å²) in [7, 11) is 2.98. The second kappa shape index (κ2) is 20.9. The van der Waals surface area contributed by atoms with Crippen LogP contribution >= 0.6 is 0 Å². The van der Waals surface area contributed by atoms with Crippen LogP contribution in [0.15, 0.2) is 66.8 Å². The summed E-state index contributed by atoms with van der Waals surface area (Å²) in [5.41, 5.74) is 4.63. The molecular formula is C37H54O7. The van der Waals surface area contributed by atoms with E-state index < -0.39 is 0 Å². The number of aldehydes is 1. The number of rotatable bonds is 12. The Bertz CT molecular complexity index is 1090. The van der Waals surface area contributed by atoms with Gasteiger partial charge in [-0.25, -0.2) is 0 Å². The van der Waals surface area contributed by atoms with Crippen LogP contribution in [0.1, 0.15) is 89.5 Å². The van der Waals surface area contributed by atoms with E-state index in [1.807, 2.05) is 12.1 Å². The molecule has 7 heteroatoms. The van der Waals surface area contributed by atoms with Crippen LogP contribution in [0.25, 0.3) is 11.1 Å². The number of carbonyl (C=O) groups excluding carboxylic acids is 1. The molecule has 0 atom stereocenters. The summed E-state index contributed by atoms with van der Waals surface area (Å²) in [6.07, 6.45) is 14.7. The Morgan fingerprint density at radius 3 is 1.68 bits per heavy atom. The van der Waals surface area contributed by atoms with Crippen LogP contribution in [-0.4, -0.2) is 43.9 Å². The van der Waals surface area contributed by atoms with Crippen molar-refractivity contribution in [2.45, 2.75) is 84.0 Å². The van der Waals surface area contributed by atoms with Gasteiger partial charge in [-0.3, -0.25) is 4.79 Å². The molecule has 0 radical (unpaired) electrons. The van der Waals surface area contributed by atoms with Gasteiger partial charge in [0.15, 0.2) is 11.5 Å². The number of hydrogen-bond donors (Lipinski definition) is 2. The highest BCUT2D eigenvalue weighted by atomic mass is 17.2. The lowest BCUT2D eigenvalue weighted by Crippen LogP contribution is -2.25. The van der Waals surface area contributed by atoms with E-state index in [9.17, 15) is 4.79 Å². The van der Waals surface area contributed by atoms with Gasteiger partial charge in [-0.1, -0.05) is 75.6 Å². The fourth-order valence-electron chi connectivity index (χ4n) is 6.29. The normalized spacial score (nSPS) is 21.0. The van der Waals surface area contributed by atoms with Crippen LogP contribution in [-0.2, 0) is 14.6 Å². The molecule has 7 nitrogen and oxygen atoms in total. The predicted molar refractivity (Wildman–Crippen MR) is 176 cm³/mol. The van der Waals surface area contributed by atoms with Gasteiger partial charge < -0.3 is 20.0 Å². The first-order chi connectivity index (χ1) is 21.3. The van der Waals surface area contributed by atoms with Crippen molar-refractivity contribution in [3.8, 4) is 22.6 Å². The molecule has 2 aromatic carbocycles. The summed E-state index contributed by atoms with van der Waals surface area (Å²) in [6.45, 7) is 10.6. The van der Waals surface area contributed by atoms with Gasteiger partial charge in [0.25, 0.3) is 0 Å². The molecule has 2 saturated carbocycles. The number of carbonyl (C=O) groups is 1. The van der Waals surface area contributed by atoms with E-state index in [1.165, 1.54) is 84.0 Å². The topological polar surface area (TPSA) is 94.5 Å². The number of benzene rings is 2. The second-order valence-corrected chi connectivity index (χ2v) is 12.0. The van der Waals surface area contributed by atoms with E-state index in [-0.39, 0.29) is 18.8 Å². The smallest absolute Gasteiger partial charge is 0.169 e. The average Bonchev–Trinajstić information content (AvgIpc) is 3.06. The molecule has 0 aliphatic heterocycles. The maximum absolute atomic E-state index is 9.48. The van der Waals surface area contributed by atoms with Crippen molar-refractivity contribution in [1.29, 1.82) is 0 Å². The molecule has 4 rings (SSSR count). The van der Waals surface area contributed by atoms with Crippen molar-refractivity contribution in [1.82, 2.24) is 0 Å². The summed E-state index contributed by atoms with van der Waals surface area (Å²) >= 11 is 0. The zero-order valence-corrected chi connectivity index (χ0v) is 27.3. The summed E-state index contributed by atoms with van der Waals surface area (Å²) in [4.78, 5) is 29.6. The third-order valence-electron chi connectivity index (χ3n) is 8.62. The van der Waals surface area contributed by atoms with Gasteiger partial charge in [-0.15, -0.1) is 0 Å². The van der Waals surface area contributed by atoms with Gasteiger partial charge in [0.05, 0.1) is 27.4 Å². The number of hydrogen-bond acceptors (Lipinski definition) is 7. The molecule has 2 N–H and O–H groups in total. The molecule has 244 valence electrons. The summed E-state index contributed by atoms with van der Waals surface area (Å²) in [5.74, 6) is 4.82. The van der Waals surface area contributed by atoms with Crippen molar-refractivity contribution >= 4 is 6.29 Å². The Hall–Kier alpha value is -2.97. The predicted octanol–water partition coefficient (Wildman–Crippen LogP) is 8.40. The molecule has 0 bridgehead atoms. The number of aliphatic hydroxyl groups is 2. The molecule has 2 aliphatic rings. The van der Waals surface area contributed by atoms with Gasteiger partial charge in [0.1, 0.15) is 6.29 Å².